The lowest BCUT2D eigenvalue weighted by Gasteiger charge is -2.14. The van der Waals surface area contributed by atoms with Gasteiger partial charge in [0.25, 0.3) is 0 Å². The van der Waals surface area contributed by atoms with E-state index in [1.54, 1.807) is 6.92 Å². The lowest BCUT2D eigenvalue weighted by molar-refractivity contribution is -0.127. The molecule has 0 saturated carbocycles. The second-order valence-corrected chi connectivity index (χ2v) is 4.73. The molecule has 0 N–H and O–H groups in total. The Hall–Kier alpha value is -0.790. The van der Waals surface area contributed by atoms with Crippen LogP contribution in [0.4, 0.5) is 0 Å². The average Bonchev–Trinajstić information content (AvgIpc) is 2.47. The van der Waals surface area contributed by atoms with Crippen molar-refractivity contribution in [1.82, 2.24) is 4.90 Å². The van der Waals surface area contributed by atoms with Crippen molar-refractivity contribution in [3.63, 3.8) is 0 Å². The van der Waals surface area contributed by atoms with Crippen molar-refractivity contribution in [1.29, 1.82) is 0 Å². The van der Waals surface area contributed by atoms with E-state index < -0.39 is 0 Å². The van der Waals surface area contributed by atoms with Crippen molar-refractivity contribution in [2.24, 2.45) is 11.8 Å². The van der Waals surface area contributed by atoms with E-state index in [0.29, 0.717) is 11.8 Å². The van der Waals surface area contributed by atoms with Crippen LogP contribution in [0.3, 0.4) is 0 Å². The van der Waals surface area contributed by atoms with E-state index in [9.17, 15) is 4.79 Å². The highest BCUT2D eigenvalue weighted by Crippen LogP contribution is 2.28. The Morgan fingerprint density at radius 2 is 1.43 bits per heavy atom. The van der Waals surface area contributed by atoms with Crippen LogP contribution in [0.25, 0.3) is 0 Å². The van der Waals surface area contributed by atoms with Crippen LogP contribution in [0.5, 0.6) is 0 Å². The van der Waals surface area contributed by atoms with Crippen molar-refractivity contribution in [2.45, 2.75) is 34.6 Å². The molecule has 1 rings (SSSR count). The Morgan fingerprint density at radius 3 is 1.64 bits per heavy atom. The van der Waals surface area contributed by atoms with Crippen molar-refractivity contribution >= 4 is 5.91 Å². The van der Waals surface area contributed by atoms with Gasteiger partial charge >= 0.3 is 0 Å². The largest absolute Gasteiger partial charge is 0.335 e. The summed E-state index contributed by atoms with van der Waals surface area (Å²) in [4.78, 5) is 13.2. The number of hydrogen-bond acceptors (Lipinski definition) is 1. The average molecular weight is 195 g/mol. The molecule has 0 aliphatic carbocycles. The summed E-state index contributed by atoms with van der Waals surface area (Å²) in [5.74, 6) is 1.33. The fourth-order valence-corrected chi connectivity index (χ4v) is 2.00. The molecule has 0 spiro atoms. The predicted octanol–water partition coefficient (Wildman–Crippen LogP) is 2.46. The molecule has 0 unspecified atom stereocenters. The Kier molecular flexibility index (Phi) is 3.35. The minimum atomic E-state index is 0.193. The zero-order valence-electron chi connectivity index (χ0n) is 9.92. The van der Waals surface area contributed by atoms with Gasteiger partial charge in [-0.3, -0.25) is 4.79 Å². The molecule has 14 heavy (non-hydrogen) atoms. The summed E-state index contributed by atoms with van der Waals surface area (Å²) < 4.78 is 0. The second-order valence-electron chi connectivity index (χ2n) is 4.73. The van der Waals surface area contributed by atoms with Crippen molar-refractivity contribution < 1.29 is 4.79 Å². The zero-order valence-corrected chi connectivity index (χ0v) is 9.92. The fourth-order valence-electron chi connectivity index (χ4n) is 2.00. The Bertz CT molecular complexity index is 243. The molecule has 2 nitrogen and oxygen atoms in total. The highest BCUT2D eigenvalue weighted by Gasteiger charge is 2.26. The molecule has 1 heterocycles. The van der Waals surface area contributed by atoms with Crippen LogP contribution in [0.1, 0.15) is 34.6 Å². The van der Waals surface area contributed by atoms with Gasteiger partial charge in [-0.15, -0.1) is 0 Å². The number of amides is 1. The third kappa shape index (κ3) is 2.17. The highest BCUT2D eigenvalue weighted by atomic mass is 16.2. The summed E-state index contributed by atoms with van der Waals surface area (Å²) in [5, 5.41) is 0. The van der Waals surface area contributed by atoms with Gasteiger partial charge in [0.15, 0.2) is 0 Å². The third-order valence-electron chi connectivity index (χ3n) is 2.97. The Balaban J connectivity index is 2.84. The fraction of sp³-hybridized carbons (Fsp3) is 0.750. The van der Waals surface area contributed by atoms with E-state index >= 15 is 0 Å². The first kappa shape index (κ1) is 11.3. The van der Waals surface area contributed by atoms with Crippen LogP contribution in [0.2, 0.25) is 0 Å². The van der Waals surface area contributed by atoms with Gasteiger partial charge in [-0.2, -0.15) is 0 Å². The molecule has 0 saturated heterocycles. The predicted molar refractivity (Wildman–Crippen MR) is 59.0 cm³/mol. The lowest BCUT2D eigenvalue weighted by Crippen LogP contribution is -2.27. The molecule has 0 aromatic carbocycles. The molecule has 0 aromatic heterocycles. The van der Waals surface area contributed by atoms with Crippen molar-refractivity contribution in [2.75, 3.05) is 13.1 Å². The first-order valence-corrected chi connectivity index (χ1v) is 5.40. The third-order valence-corrected chi connectivity index (χ3v) is 2.97. The maximum Gasteiger partial charge on any atom is 0.220 e. The highest BCUT2D eigenvalue weighted by molar-refractivity contribution is 5.74. The second kappa shape index (κ2) is 4.16. The Morgan fingerprint density at radius 1 is 1.07 bits per heavy atom. The number of rotatable bonds is 2. The summed E-state index contributed by atoms with van der Waals surface area (Å²) >= 11 is 0. The van der Waals surface area contributed by atoms with Crippen molar-refractivity contribution in [3.8, 4) is 0 Å². The number of nitrogens with zero attached hydrogens (tertiary/aromatic N) is 1. The van der Waals surface area contributed by atoms with E-state index in [4.69, 9.17) is 0 Å². The van der Waals surface area contributed by atoms with E-state index in [1.165, 1.54) is 11.1 Å². The van der Waals surface area contributed by atoms with Gasteiger partial charge < -0.3 is 4.90 Å². The molecule has 1 amide bonds. The van der Waals surface area contributed by atoms with Crippen LogP contribution < -0.4 is 0 Å². The standard InChI is InChI=1S/C12H21NO/c1-8(2)11-6-13(10(5)14)7-12(11)9(3)4/h8-9H,6-7H2,1-5H3. The summed E-state index contributed by atoms with van der Waals surface area (Å²) in [6.45, 7) is 12.2. The summed E-state index contributed by atoms with van der Waals surface area (Å²) in [5.41, 5.74) is 2.94. The van der Waals surface area contributed by atoms with Gasteiger partial charge in [0.1, 0.15) is 0 Å². The van der Waals surface area contributed by atoms with E-state index in [1.807, 2.05) is 4.90 Å². The van der Waals surface area contributed by atoms with Gasteiger partial charge in [0.05, 0.1) is 0 Å². The van der Waals surface area contributed by atoms with Crippen LogP contribution in [0, 0.1) is 11.8 Å². The Labute approximate surface area is 87.0 Å². The van der Waals surface area contributed by atoms with E-state index in [2.05, 4.69) is 27.7 Å². The van der Waals surface area contributed by atoms with Gasteiger partial charge in [0.2, 0.25) is 5.91 Å². The number of hydrogen-bond donors (Lipinski definition) is 0. The SMILES string of the molecule is CC(=O)N1CC(C(C)C)=C(C(C)C)C1. The summed E-state index contributed by atoms with van der Waals surface area (Å²) in [6, 6.07) is 0. The molecule has 2 heteroatoms. The lowest BCUT2D eigenvalue weighted by atomic mass is 9.93. The van der Waals surface area contributed by atoms with Crippen LogP contribution in [-0.2, 0) is 4.79 Å². The minimum Gasteiger partial charge on any atom is -0.335 e. The van der Waals surface area contributed by atoms with Crippen LogP contribution in [-0.4, -0.2) is 23.9 Å². The minimum absolute atomic E-state index is 0.193. The molecular weight excluding hydrogens is 174 g/mol. The van der Waals surface area contributed by atoms with Gasteiger partial charge in [0, 0.05) is 20.0 Å². The molecule has 0 radical (unpaired) electrons. The van der Waals surface area contributed by atoms with Gasteiger partial charge in [-0.1, -0.05) is 27.7 Å². The first-order valence-electron chi connectivity index (χ1n) is 5.40. The summed E-state index contributed by atoms with van der Waals surface area (Å²) in [6.07, 6.45) is 0. The quantitative estimate of drug-likeness (QED) is 0.620. The van der Waals surface area contributed by atoms with Crippen molar-refractivity contribution in [3.05, 3.63) is 11.1 Å². The molecule has 80 valence electrons. The number of carbonyl (C=O) groups is 1. The van der Waals surface area contributed by atoms with Gasteiger partial charge in [-0.25, -0.2) is 0 Å². The first-order chi connectivity index (χ1) is 6.43. The van der Waals surface area contributed by atoms with Gasteiger partial charge in [-0.05, 0) is 23.0 Å². The van der Waals surface area contributed by atoms with Crippen LogP contribution >= 0.6 is 0 Å². The smallest absolute Gasteiger partial charge is 0.220 e. The van der Waals surface area contributed by atoms with E-state index in [0.717, 1.165) is 13.1 Å². The van der Waals surface area contributed by atoms with E-state index in [-0.39, 0.29) is 5.91 Å². The number of carbonyl (C=O) groups excluding carboxylic acids is 1. The molecule has 0 fully saturated rings. The monoisotopic (exact) mass is 195 g/mol. The molecule has 0 aromatic rings. The summed E-state index contributed by atoms with van der Waals surface area (Å²) in [7, 11) is 0. The molecular formula is C12H21NO. The molecule has 1 aliphatic heterocycles. The maximum atomic E-state index is 11.3. The molecule has 0 bridgehead atoms. The maximum absolute atomic E-state index is 11.3. The zero-order chi connectivity index (χ0) is 10.9. The molecule has 0 atom stereocenters. The topological polar surface area (TPSA) is 20.3 Å². The van der Waals surface area contributed by atoms with Crippen LogP contribution in [0.15, 0.2) is 11.1 Å². The molecule has 1 aliphatic rings. The normalized spacial score (nSPS) is 17.5.